The molecule has 0 aliphatic carbocycles. The van der Waals surface area contributed by atoms with E-state index in [-0.39, 0.29) is 49.8 Å². The fourth-order valence-corrected chi connectivity index (χ4v) is 8.31. The van der Waals surface area contributed by atoms with Crippen molar-refractivity contribution in [3.8, 4) is 0 Å². The molecule has 0 aliphatic heterocycles. The van der Waals surface area contributed by atoms with Gasteiger partial charge < -0.3 is 25.5 Å². The Hall–Kier alpha value is -0.900. The first-order valence-corrected chi connectivity index (χ1v) is 15.9. The van der Waals surface area contributed by atoms with Crippen molar-refractivity contribution in [2.75, 3.05) is 34.5 Å². The number of carboxylic acids is 5. The summed E-state index contributed by atoms with van der Waals surface area (Å²) >= 11 is 6.17. The van der Waals surface area contributed by atoms with E-state index < -0.39 is 29.8 Å². The average molecular weight is 593 g/mol. The Morgan fingerprint density at radius 3 is 1.37 bits per heavy atom. The molecule has 0 bridgehead atoms. The van der Waals surface area contributed by atoms with Crippen molar-refractivity contribution in [2.24, 2.45) is 0 Å². The quantitative estimate of drug-likeness (QED) is 0.109. The summed E-state index contributed by atoms with van der Waals surface area (Å²) in [7, 11) is 0. The van der Waals surface area contributed by atoms with Gasteiger partial charge in [0.15, 0.2) is 0 Å². The van der Waals surface area contributed by atoms with Crippen LogP contribution in [0.5, 0.6) is 0 Å². The summed E-state index contributed by atoms with van der Waals surface area (Å²) in [5.74, 6) is -4.88. The molecule has 0 aromatic rings. The van der Waals surface area contributed by atoms with Crippen molar-refractivity contribution in [3.05, 3.63) is 0 Å². The van der Waals surface area contributed by atoms with Crippen LogP contribution >= 0.6 is 58.8 Å². The molecule has 0 fully saturated rings. The number of hydrogen-bond donors (Lipinski definition) is 5. The van der Waals surface area contributed by atoms with Gasteiger partial charge in [-0.05, 0) is 31.4 Å². The van der Waals surface area contributed by atoms with Gasteiger partial charge in [0.05, 0.1) is 28.8 Å². The summed E-state index contributed by atoms with van der Waals surface area (Å²) in [4.78, 5) is 55.0. The van der Waals surface area contributed by atoms with E-state index >= 15 is 0 Å². The molecule has 5 N–H and O–H groups in total. The largest absolute Gasteiger partial charge is 0.481 e. The van der Waals surface area contributed by atoms with Crippen LogP contribution in [-0.4, -0.2) is 111 Å². The Bertz CT molecular complexity index is 693. The second-order valence-corrected chi connectivity index (χ2v) is 13.8. The van der Waals surface area contributed by atoms with E-state index in [2.05, 4.69) is 0 Å². The van der Waals surface area contributed by atoms with E-state index in [1.165, 1.54) is 58.8 Å². The number of carboxylic acid groups (broad SMARTS) is 5. The first kappa shape index (κ1) is 34.1. The monoisotopic (exact) mass is 592 g/mol. The molecule has 10 nitrogen and oxygen atoms in total. The maximum atomic E-state index is 11.2. The lowest BCUT2D eigenvalue weighted by Crippen LogP contribution is -2.24. The summed E-state index contributed by atoms with van der Waals surface area (Å²) in [5.41, 5.74) is 0. The summed E-state index contributed by atoms with van der Waals surface area (Å²) in [5, 5.41) is 44.6. The smallest absolute Gasteiger partial charge is 0.313 e. The first-order chi connectivity index (χ1) is 16.4. The minimum absolute atomic E-state index is 0.0490. The zero-order chi connectivity index (χ0) is 26.8. The predicted molar refractivity (Wildman–Crippen MR) is 145 cm³/mol. The van der Waals surface area contributed by atoms with Gasteiger partial charge in [-0.2, -0.15) is 11.8 Å². The molecule has 35 heavy (non-hydrogen) atoms. The molecule has 0 heterocycles. The van der Waals surface area contributed by atoms with Crippen LogP contribution < -0.4 is 0 Å². The van der Waals surface area contributed by atoms with E-state index in [0.29, 0.717) is 31.4 Å². The molecule has 0 spiro atoms. The van der Waals surface area contributed by atoms with E-state index in [4.69, 9.17) is 20.4 Å². The Kier molecular flexibility index (Phi) is 19.7. The van der Waals surface area contributed by atoms with Crippen molar-refractivity contribution in [2.45, 2.75) is 53.6 Å². The number of aliphatic carboxylic acids is 5. The lowest BCUT2D eigenvalue weighted by atomic mass is 10.1. The maximum absolute atomic E-state index is 11.2. The van der Waals surface area contributed by atoms with E-state index in [1.54, 1.807) is 0 Å². The fraction of sp³-hybridized carbons (Fsp3) is 0.750. The van der Waals surface area contributed by atoms with Crippen LogP contribution in [0.2, 0.25) is 0 Å². The molecule has 0 saturated carbocycles. The van der Waals surface area contributed by atoms with E-state index in [9.17, 15) is 29.1 Å². The van der Waals surface area contributed by atoms with Gasteiger partial charge in [0.2, 0.25) is 0 Å². The highest BCUT2D eigenvalue weighted by molar-refractivity contribution is 8.02. The number of hydrogen-bond acceptors (Lipinski definition) is 10. The molecule has 0 aromatic carbocycles. The van der Waals surface area contributed by atoms with Crippen molar-refractivity contribution >= 4 is 88.7 Å². The van der Waals surface area contributed by atoms with Crippen LogP contribution in [0.3, 0.4) is 0 Å². The number of rotatable bonds is 23. The molecule has 202 valence electrons. The predicted octanol–water partition coefficient (Wildman–Crippen LogP) is 3.13. The SMILES string of the molecule is C[C@H](CC(CC(C[C@H](CCSCC(=O)O)SCC(=O)O)SCC(=O)O)SCC(=O)O)SCC(=O)O. The van der Waals surface area contributed by atoms with Gasteiger partial charge in [0, 0.05) is 21.0 Å². The average Bonchev–Trinajstić information content (AvgIpc) is 2.74. The highest BCUT2D eigenvalue weighted by Gasteiger charge is 2.25. The standard InChI is InChI=1S/C20H32O10S5/c1-12(32-8-17(23)24)4-14(34-10-19(27)28)6-15(35-11-20(29)30)5-13(33-9-18(25)26)2-3-31-7-16(21)22/h12-15H,2-11H2,1H3,(H,21,22)(H,23,24)(H,25,26)(H,27,28)(H,29,30)/t12-,13+,14?,15?/m1/s1. The minimum atomic E-state index is -0.994. The Morgan fingerprint density at radius 2 is 0.914 bits per heavy atom. The van der Waals surface area contributed by atoms with Crippen LogP contribution in [0.4, 0.5) is 0 Å². The lowest BCUT2D eigenvalue weighted by molar-refractivity contribution is -0.135. The van der Waals surface area contributed by atoms with Crippen LogP contribution in [-0.2, 0) is 24.0 Å². The summed E-state index contributed by atoms with van der Waals surface area (Å²) in [6.45, 7) is 1.87. The number of carbonyl (C=O) groups is 5. The van der Waals surface area contributed by atoms with E-state index in [1.807, 2.05) is 6.92 Å². The van der Waals surface area contributed by atoms with Gasteiger partial charge in [-0.3, -0.25) is 24.0 Å². The topological polar surface area (TPSA) is 186 Å². The van der Waals surface area contributed by atoms with Crippen LogP contribution in [0, 0.1) is 0 Å². The van der Waals surface area contributed by atoms with E-state index in [0.717, 1.165) is 0 Å². The van der Waals surface area contributed by atoms with Crippen molar-refractivity contribution < 1.29 is 49.5 Å². The van der Waals surface area contributed by atoms with Gasteiger partial charge >= 0.3 is 29.8 Å². The van der Waals surface area contributed by atoms with Gasteiger partial charge in [-0.15, -0.1) is 47.0 Å². The molecule has 0 amide bonds. The summed E-state index contributed by atoms with van der Waals surface area (Å²) < 4.78 is 0. The van der Waals surface area contributed by atoms with Crippen LogP contribution in [0.15, 0.2) is 0 Å². The van der Waals surface area contributed by atoms with Crippen LogP contribution in [0.25, 0.3) is 0 Å². The third kappa shape index (κ3) is 22.1. The van der Waals surface area contributed by atoms with Crippen molar-refractivity contribution in [3.63, 3.8) is 0 Å². The minimum Gasteiger partial charge on any atom is -0.481 e. The Labute approximate surface area is 225 Å². The normalized spacial score (nSPS) is 14.5. The Morgan fingerprint density at radius 1 is 0.543 bits per heavy atom. The van der Waals surface area contributed by atoms with Gasteiger partial charge in [0.1, 0.15) is 0 Å². The highest BCUT2D eigenvalue weighted by atomic mass is 32.2. The molecule has 15 heteroatoms. The molecular formula is C20H32O10S5. The molecular weight excluding hydrogens is 561 g/mol. The molecule has 0 radical (unpaired) electrons. The van der Waals surface area contributed by atoms with Crippen molar-refractivity contribution in [1.29, 1.82) is 0 Å². The fourth-order valence-electron chi connectivity index (χ4n) is 2.91. The highest BCUT2D eigenvalue weighted by Crippen LogP contribution is 2.34. The van der Waals surface area contributed by atoms with Crippen LogP contribution in [0.1, 0.15) is 32.6 Å². The maximum Gasteiger partial charge on any atom is 0.313 e. The second kappa shape index (κ2) is 20.2. The zero-order valence-electron chi connectivity index (χ0n) is 19.2. The van der Waals surface area contributed by atoms with Gasteiger partial charge in [0.25, 0.3) is 0 Å². The number of thioether (sulfide) groups is 5. The summed E-state index contributed by atoms with van der Waals surface area (Å²) in [6, 6.07) is 0. The van der Waals surface area contributed by atoms with Gasteiger partial charge in [-0.25, -0.2) is 0 Å². The zero-order valence-corrected chi connectivity index (χ0v) is 23.3. The Balaban J connectivity index is 5.37. The molecule has 2 unspecified atom stereocenters. The molecule has 4 atom stereocenters. The van der Waals surface area contributed by atoms with Gasteiger partial charge in [-0.1, -0.05) is 6.92 Å². The molecule has 0 aromatic heterocycles. The lowest BCUT2D eigenvalue weighted by Gasteiger charge is -2.27. The third-order valence-electron chi connectivity index (χ3n) is 4.27. The first-order valence-electron chi connectivity index (χ1n) is 10.5. The summed E-state index contributed by atoms with van der Waals surface area (Å²) in [6.07, 6.45) is 2.07. The molecule has 0 rings (SSSR count). The second-order valence-electron chi connectivity index (χ2n) is 7.44. The van der Waals surface area contributed by atoms with Crippen molar-refractivity contribution in [1.82, 2.24) is 0 Å². The molecule has 0 saturated heterocycles. The third-order valence-corrected chi connectivity index (χ3v) is 10.3. The molecule has 0 aliphatic rings.